The Kier molecular flexibility index (Phi) is 12.3. The van der Waals surface area contributed by atoms with Gasteiger partial charge in [-0.05, 0) is 32.4 Å². The average molecular weight is 515 g/mol. The summed E-state index contributed by atoms with van der Waals surface area (Å²) in [5, 5.41) is 15.0. The lowest BCUT2D eigenvalue weighted by molar-refractivity contribution is 0.152. The van der Waals surface area contributed by atoms with Crippen molar-refractivity contribution in [2.24, 2.45) is 12.0 Å². The number of aromatic nitrogens is 3. The van der Waals surface area contributed by atoms with Gasteiger partial charge in [0.15, 0.2) is 11.8 Å². The Hall–Kier alpha value is -1.88. The van der Waals surface area contributed by atoms with Crippen molar-refractivity contribution in [3.63, 3.8) is 0 Å². The van der Waals surface area contributed by atoms with Gasteiger partial charge < -0.3 is 24.8 Å². The highest BCUT2D eigenvalue weighted by molar-refractivity contribution is 14.0. The third-order valence-electron chi connectivity index (χ3n) is 4.46. The molecule has 8 nitrogen and oxygen atoms in total. The number of aryl methyl sites for hydroxylation is 1. The molecule has 0 aliphatic heterocycles. The SMILES string of the molecule is CCOCCNC(=NCc1nnc(C)n1C)NCCCN(C)c1ccccc1.I. The Labute approximate surface area is 191 Å². The molecule has 0 spiro atoms. The first kappa shape index (κ1) is 25.2. The van der Waals surface area contributed by atoms with E-state index in [0.29, 0.717) is 26.3 Å². The van der Waals surface area contributed by atoms with Gasteiger partial charge in [-0.2, -0.15) is 0 Å². The van der Waals surface area contributed by atoms with Crippen molar-refractivity contribution < 1.29 is 4.74 Å². The molecule has 0 fully saturated rings. The first-order valence-electron chi connectivity index (χ1n) is 9.82. The van der Waals surface area contributed by atoms with Crippen LogP contribution in [0.15, 0.2) is 35.3 Å². The maximum Gasteiger partial charge on any atom is 0.191 e. The van der Waals surface area contributed by atoms with E-state index in [0.717, 1.165) is 37.1 Å². The van der Waals surface area contributed by atoms with Gasteiger partial charge in [-0.1, -0.05) is 18.2 Å². The Bertz CT molecular complexity index is 721. The molecule has 1 aromatic heterocycles. The molecule has 2 aromatic rings. The lowest BCUT2D eigenvalue weighted by Crippen LogP contribution is -2.40. The molecule has 162 valence electrons. The van der Waals surface area contributed by atoms with Crippen LogP contribution in [0, 0.1) is 6.92 Å². The zero-order valence-electron chi connectivity index (χ0n) is 17.9. The van der Waals surface area contributed by atoms with E-state index in [1.807, 2.05) is 31.5 Å². The Morgan fingerprint density at radius 1 is 1.17 bits per heavy atom. The fraction of sp³-hybridized carbons (Fsp3) is 0.550. The van der Waals surface area contributed by atoms with E-state index in [4.69, 9.17) is 4.74 Å². The summed E-state index contributed by atoms with van der Waals surface area (Å²) >= 11 is 0. The quantitative estimate of drug-likeness (QED) is 0.207. The second-order valence-electron chi connectivity index (χ2n) is 6.55. The second kappa shape index (κ2) is 14.2. The Morgan fingerprint density at radius 3 is 2.55 bits per heavy atom. The van der Waals surface area contributed by atoms with Crippen molar-refractivity contribution >= 4 is 35.6 Å². The molecule has 2 N–H and O–H groups in total. The van der Waals surface area contributed by atoms with Gasteiger partial charge in [-0.25, -0.2) is 4.99 Å². The molecule has 29 heavy (non-hydrogen) atoms. The minimum atomic E-state index is 0. The maximum absolute atomic E-state index is 5.40. The number of nitrogens with one attached hydrogen (secondary N) is 2. The summed E-state index contributed by atoms with van der Waals surface area (Å²) < 4.78 is 7.35. The van der Waals surface area contributed by atoms with Crippen molar-refractivity contribution in [1.82, 2.24) is 25.4 Å². The monoisotopic (exact) mass is 515 g/mol. The molecule has 0 radical (unpaired) electrons. The number of para-hydroxylation sites is 1. The largest absolute Gasteiger partial charge is 0.380 e. The summed E-state index contributed by atoms with van der Waals surface area (Å²) in [6, 6.07) is 10.4. The van der Waals surface area contributed by atoms with Crippen LogP contribution in [0.4, 0.5) is 5.69 Å². The van der Waals surface area contributed by atoms with Crippen LogP contribution >= 0.6 is 24.0 Å². The lowest BCUT2D eigenvalue weighted by atomic mass is 10.3. The standard InChI is InChI=1S/C20H33N7O.HI/c1-5-28-15-13-22-20(23-16-19-25-24-17(2)27(19)4)21-12-9-14-26(3)18-10-7-6-8-11-18;/h6-8,10-11H,5,9,12-16H2,1-4H3,(H2,21,22,23);1H. The van der Waals surface area contributed by atoms with Gasteiger partial charge in [-0.3, -0.25) is 0 Å². The third-order valence-corrected chi connectivity index (χ3v) is 4.46. The number of guanidine groups is 1. The van der Waals surface area contributed by atoms with Crippen molar-refractivity contribution in [2.75, 3.05) is 44.8 Å². The third kappa shape index (κ3) is 8.99. The molecular formula is C20H34IN7O. The fourth-order valence-corrected chi connectivity index (χ4v) is 2.63. The molecular weight excluding hydrogens is 481 g/mol. The number of ether oxygens (including phenoxy) is 1. The highest BCUT2D eigenvalue weighted by Gasteiger charge is 2.05. The minimum Gasteiger partial charge on any atom is -0.380 e. The zero-order chi connectivity index (χ0) is 20.2. The topological polar surface area (TPSA) is 79.6 Å². The molecule has 9 heteroatoms. The minimum absolute atomic E-state index is 0. The van der Waals surface area contributed by atoms with Crippen LogP contribution < -0.4 is 15.5 Å². The summed E-state index contributed by atoms with van der Waals surface area (Å²) in [5.41, 5.74) is 1.23. The lowest BCUT2D eigenvalue weighted by Gasteiger charge is -2.19. The van der Waals surface area contributed by atoms with E-state index in [1.165, 1.54) is 5.69 Å². The van der Waals surface area contributed by atoms with Crippen molar-refractivity contribution in [3.8, 4) is 0 Å². The summed E-state index contributed by atoms with van der Waals surface area (Å²) in [4.78, 5) is 6.90. The average Bonchev–Trinajstić information content (AvgIpc) is 3.04. The van der Waals surface area contributed by atoms with Crippen molar-refractivity contribution in [2.45, 2.75) is 26.8 Å². The number of aliphatic imine (C=N–C) groups is 1. The van der Waals surface area contributed by atoms with Gasteiger partial charge in [0, 0.05) is 46.0 Å². The molecule has 0 saturated carbocycles. The van der Waals surface area contributed by atoms with Gasteiger partial charge in [-0.15, -0.1) is 34.2 Å². The molecule has 0 atom stereocenters. The van der Waals surface area contributed by atoms with Gasteiger partial charge in [0.05, 0.1) is 6.61 Å². The molecule has 1 heterocycles. The molecule has 0 bridgehead atoms. The molecule has 0 amide bonds. The summed E-state index contributed by atoms with van der Waals surface area (Å²) in [5.74, 6) is 2.49. The number of benzene rings is 1. The second-order valence-corrected chi connectivity index (χ2v) is 6.55. The van der Waals surface area contributed by atoms with E-state index in [9.17, 15) is 0 Å². The van der Waals surface area contributed by atoms with Crippen LogP contribution in [0.25, 0.3) is 0 Å². The summed E-state index contributed by atoms with van der Waals surface area (Å²) in [7, 11) is 4.07. The smallest absolute Gasteiger partial charge is 0.191 e. The van der Waals surface area contributed by atoms with E-state index >= 15 is 0 Å². The zero-order valence-corrected chi connectivity index (χ0v) is 20.2. The van der Waals surface area contributed by atoms with Crippen LogP contribution in [0.3, 0.4) is 0 Å². The molecule has 0 aliphatic carbocycles. The van der Waals surface area contributed by atoms with Crippen LogP contribution in [-0.4, -0.2) is 60.6 Å². The normalized spacial score (nSPS) is 11.1. The highest BCUT2D eigenvalue weighted by Crippen LogP contribution is 2.10. The molecule has 0 aliphatic rings. The molecule has 1 aromatic carbocycles. The Balaban J connectivity index is 0.00000420. The van der Waals surface area contributed by atoms with Gasteiger partial charge in [0.2, 0.25) is 0 Å². The molecule has 0 unspecified atom stereocenters. The van der Waals surface area contributed by atoms with E-state index < -0.39 is 0 Å². The Morgan fingerprint density at radius 2 is 1.90 bits per heavy atom. The van der Waals surface area contributed by atoms with E-state index in [-0.39, 0.29) is 24.0 Å². The maximum atomic E-state index is 5.40. The van der Waals surface area contributed by atoms with Gasteiger partial charge in [0.1, 0.15) is 12.4 Å². The van der Waals surface area contributed by atoms with Crippen LogP contribution in [0.5, 0.6) is 0 Å². The fourth-order valence-electron chi connectivity index (χ4n) is 2.63. The first-order chi connectivity index (χ1) is 13.6. The number of anilines is 1. The number of nitrogens with zero attached hydrogens (tertiary/aromatic N) is 5. The summed E-state index contributed by atoms with van der Waals surface area (Å²) in [6.07, 6.45) is 1.00. The highest BCUT2D eigenvalue weighted by atomic mass is 127. The van der Waals surface area contributed by atoms with Crippen molar-refractivity contribution in [1.29, 1.82) is 0 Å². The van der Waals surface area contributed by atoms with Crippen LogP contribution in [0.1, 0.15) is 25.0 Å². The number of rotatable bonds is 11. The summed E-state index contributed by atoms with van der Waals surface area (Å²) in [6.45, 7) is 8.27. The van der Waals surface area contributed by atoms with E-state index in [1.54, 1.807) is 0 Å². The van der Waals surface area contributed by atoms with Crippen molar-refractivity contribution in [3.05, 3.63) is 42.0 Å². The molecule has 0 saturated heterocycles. The number of hydrogen-bond acceptors (Lipinski definition) is 5. The van der Waals surface area contributed by atoms with E-state index in [2.05, 4.69) is 62.0 Å². The van der Waals surface area contributed by atoms with Crippen LogP contribution in [0.2, 0.25) is 0 Å². The van der Waals surface area contributed by atoms with Gasteiger partial charge >= 0.3 is 0 Å². The molecule has 2 rings (SSSR count). The predicted octanol–water partition coefficient (Wildman–Crippen LogP) is 2.34. The number of hydrogen-bond donors (Lipinski definition) is 2. The van der Waals surface area contributed by atoms with Crippen LogP contribution in [-0.2, 0) is 18.3 Å². The van der Waals surface area contributed by atoms with Gasteiger partial charge in [0.25, 0.3) is 0 Å². The number of halogens is 1. The first-order valence-corrected chi connectivity index (χ1v) is 9.82. The predicted molar refractivity (Wildman–Crippen MR) is 129 cm³/mol.